The summed E-state index contributed by atoms with van der Waals surface area (Å²) in [6.07, 6.45) is 2.79. The minimum atomic E-state index is -0.782. The van der Waals surface area contributed by atoms with Gasteiger partial charge in [0.15, 0.2) is 0 Å². The Morgan fingerprint density at radius 3 is 2.18 bits per heavy atom. The minimum Gasteiger partial charge on any atom is -0.478 e. The third kappa shape index (κ3) is 3.21. The summed E-state index contributed by atoms with van der Waals surface area (Å²) in [4.78, 5) is 10.5. The van der Waals surface area contributed by atoms with E-state index in [9.17, 15) is 4.79 Å². The Bertz CT molecular complexity index is 168. The molecule has 2 heteroatoms. The van der Waals surface area contributed by atoms with Gasteiger partial charge in [0.05, 0.1) is 0 Å². The minimum absolute atomic E-state index is 0.523. The lowest BCUT2D eigenvalue weighted by Gasteiger charge is -2.04. The Balaban J connectivity index is 4.39. The average Bonchev–Trinajstić information content (AvgIpc) is 1.98. The normalized spacial score (nSPS) is 12.6. The van der Waals surface area contributed by atoms with Crippen molar-refractivity contribution in [3.63, 3.8) is 0 Å². The monoisotopic (exact) mass is 156 g/mol. The molecule has 0 amide bonds. The van der Waals surface area contributed by atoms with Gasteiger partial charge in [-0.25, -0.2) is 4.79 Å². The van der Waals surface area contributed by atoms with E-state index in [2.05, 4.69) is 6.92 Å². The molecule has 0 aliphatic carbocycles. The average molecular weight is 156 g/mol. The molecule has 0 fully saturated rings. The lowest BCUT2D eigenvalue weighted by Crippen LogP contribution is -2.00. The molecule has 0 atom stereocenters. The van der Waals surface area contributed by atoms with Crippen molar-refractivity contribution in [2.45, 2.75) is 40.0 Å². The fourth-order valence-electron chi connectivity index (χ4n) is 1.08. The van der Waals surface area contributed by atoms with Crippen LogP contribution in [0.1, 0.15) is 40.0 Å². The van der Waals surface area contributed by atoms with E-state index in [1.807, 2.05) is 6.92 Å². The van der Waals surface area contributed by atoms with E-state index in [0.29, 0.717) is 5.57 Å². The molecule has 0 aromatic heterocycles. The van der Waals surface area contributed by atoms with E-state index in [1.165, 1.54) is 0 Å². The second kappa shape index (κ2) is 4.94. The van der Waals surface area contributed by atoms with Crippen molar-refractivity contribution in [3.8, 4) is 0 Å². The first-order valence-corrected chi connectivity index (χ1v) is 4.05. The molecule has 0 saturated heterocycles. The van der Waals surface area contributed by atoms with E-state index >= 15 is 0 Å². The predicted molar refractivity (Wildman–Crippen MR) is 45.5 cm³/mol. The Morgan fingerprint density at radius 2 is 1.91 bits per heavy atom. The van der Waals surface area contributed by atoms with E-state index in [1.54, 1.807) is 6.92 Å². The summed E-state index contributed by atoms with van der Waals surface area (Å²) in [6.45, 7) is 5.74. The van der Waals surface area contributed by atoms with Crippen LogP contribution in [0, 0.1) is 0 Å². The zero-order valence-electron chi connectivity index (χ0n) is 7.48. The van der Waals surface area contributed by atoms with Gasteiger partial charge in [-0.3, -0.25) is 0 Å². The molecule has 0 unspecified atom stereocenters. The van der Waals surface area contributed by atoms with Crippen molar-refractivity contribution in [2.75, 3.05) is 0 Å². The van der Waals surface area contributed by atoms with Crippen molar-refractivity contribution in [3.05, 3.63) is 11.1 Å². The van der Waals surface area contributed by atoms with E-state index < -0.39 is 5.97 Å². The van der Waals surface area contributed by atoms with Crippen LogP contribution >= 0.6 is 0 Å². The van der Waals surface area contributed by atoms with Crippen LogP contribution in [0.5, 0.6) is 0 Å². The number of allylic oxidation sites excluding steroid dienone is 1. The highest BCUT2D eigenvalue weighted by Crippen LogP contribution is 2.14. The zero-order valence-corrected chi connectivity index (χ0v) is 7.48. The molecule has 11 heavy (non-hydrogen) atoms. The van der Waals surface area contributed by atoms with Gasteiger partial charge in [0.25, 0.3) is 0 Å². The van der Waals surface area contributed by atoms with Gasteiger partial charge in [0.1, 0.15) is 0 Å². The van der Waals surface area contributed by atoms with Crippen molar-refractivity contribution in [1.82, 2.24) is 0 Å². The largest absolute Gasteiger partial charge is 0.478 e. The first-order valence-electron chi connectivity index (χ1n) is 4.05. The molecule has 0 bridgehead atoms. The molecule has 0 spiro atoms. The van der Waals surface area contributed by atoms with Crippen molar-refractivity contribution >= 4 is 5.97 Å². The third-order valence-electron chi connectivity index (χ3n) is 1.83. The Labute approximate surface area is 67.9 Å². The molecule has 64 valence electrons. The summed E-state index contributed by atoms with van der Waals surface area (Å²) in [6, 6.07) is 0. The van der Waals surface area contributed by atoms with Gasteiger partial charge in [-0.15, -0.1) is 0 Å². The standard InChI is InChI=1S/C9H16O2/c1-4-6-8(5-2)7(3)9(10)11/h4-6H2,1-3H3,(H,10,11)/b8-7+. The fourth-order valence-corrected chi connectivity index (χ4v) is 1.08. The van der Waals surface area contributed by atoms with Crippen molar-refractivity contribution < 1.29 is 9.90 Å². The molecular formula is C9H16O2. The SMILES string of the molecule is CCC/C(CC)=C(\C)C(=O)O. The maximum atomic E-state index is 10.5. The summed E-state index contributed by atoms with van der Waals surface area (Å²) >= 11 is 0. The summed E-state index contributed by atoms with van der Waals surface area (Å²) in [5.74, 6) is -0.782. The van der Waals surface area contributed by atoms with Crippen LogP contribution in [0.4, 0.5) is 0 Å². The second-order valence-corrected chi connectivity index (χ2v) is 2.64. The molecule has 0 saturated carbocycles. The van der Waals surface area contributed by atoms with Gasteiger partial charge in [-0.05, 0) is 19.8 Å². The number of hydrogen-bond donors (Lipinski definition) is 1. The number of carbonyl (C=O) groups is 1. The van der Waals surface area contributed by atoms with Gasteiger partial charge in [-0.2, -0.15) is 0 Å². The second-order valence-electron chi connectivity index (χ2n) is 2.64. The summed E-state index contributed by atoms with van der Waals surface area (Å²) in [7, 11) is 0. The van der Waals surface area contributed by atoms with Crippen LogP contribution in [0.2, 0.25) is 0 Å². The van der Waals surface area contributed by atoms with E-state index in [0.717, 1.165) is 24.8 Å². The third-order valence-corrected chi connectivity index (χ3v) is 1.83. The van der Waals surface area contributed by atoms with Gasteiger partial charge < -0.3 is 5.11 Å². The maximum Gasteiger partial charge on any atom is 0.331 e. The van der Waals surface area contributed by atoms with Gasteiger partial charge in [0.2, 0.25) is 0 Å². The van der Waals surface area contributed by atoms with Crippen LogP contribution in [0.15, 0.2) is 11.1 Å². The lowest BCUT2D eigenvalue weighted by molar-refractivity contribution is -0.132. The highest BCUT2D eigenvalue weighted by molar-refractivity contribution is 5.86. The number of carboxylic acids is 1. The number of rotatable bonds is 4. The molecule has 0 radical (unpaired) electrons. The number of carboxylic acid groups (broad SMARTS) is 1. The lowest BCUT2D eigenvalue weighted by atomic mass is 10.0. The zero-order chi connectivity index (χ0) is 8.85. The Hall–Kier alpha value is -0.790. The Kier molecular flexibility index (Phi) is 4.59. The summed E-state index contributed by atoms with van der Waals surface area (Å²) in [5, 5.41) is 8.65. The van der Waals surface area contributed by atoms with Crippen LogP contribution in [0.25, 0.3) is 0 Å². The first-order chi connectivity index (χ1) is 5.13. The molecule has 0 aliphatic heterocycles. The van der Waals surface area contributed by atoms with Crippen LogP contribution < -0.4 is 0 Å². The molecular weight excluding hydrogens is 140 g/mol. The van der Waals surface area contributed by atoms with Gasteiger partial charge >= 0.3 is 5.97 Å². The first kappa shape index (κ1) is 10.2. The number of aliphatic carboxylic acids is 1. The smallest absolute Gasteiger partial charge is 0.331 e. The highest BCUT2D eigenvalue weighted by atomic mass is 16.4. The fraction of sp³-hybridized carbons (Fsp3) is 0.667. The molecule has 0 aromatic carbocycles. The van der Waals surface area contributed by atoms with Crippen LogP contribution in [-0.4, -0.2) is 11.1 Å². The Morgan fingerprint density at radius 1 is 1.36 bits per heavy atom. The van der Waals surface area contributed by atoms with Gasteiger partial charge in [-0.1, -0.05) is 25.8 Å². The predicted octanol–water partition coefficient (Wildman–Crippen LogP) is 2.60. The molecule has 0 aliphatic rings. The van der Waals surface area contributed by atoms with Crippen LogP contribution in [-0.2, 0) is 4.79 Å². The molecule has 1 N–H and O–H groups in total. The van der Waals surface area contributed by atoms with E-state index in [4.69, 9.17) is 5.11 Å². The van der Waals surface area contributed by atoms with Crippen molar-refractivity contribution in [2.24, 2.45) is 0 Å². The quantitative estimate of drug-likeness (QED) is 0.635. The highest BCUT2D eigenvalue weighted by Gasteiger charge is 2.05. The van der Waals surface area contributed by atoms with E-state index in [-0.39, 0.29) is 0 Å². The summed E-state index contributed by atoms with van der Waals surface area (Å²) < 4.78 is 0. The molecule has 0 rings (SSSR count). The number of hydrogen-bond acceptors (Lipinski definition) is 1. The van der Waals surface area contributed by atoms with Crippen LogP contribution in [0.3, 0.4) is 0 Å². The topological polar surface area (TPSA) is 37.3 Å². The van der Waals surface area contributed by atoms with Crippen molar-refractivity contribution in [1.29, 1.82) is 0 Å². The molecule has 2 nitrogen and oxygen atoms in total. The maximum absolute atomic E-state index is 10.5. The summed E-state index contributed by atoms with van der Waals surface area (Å²) in [5.41, 5.74) is 1.59. The molecule has 0 heterocycles. The van der Waals surface area contributed by atoms with Gasteiger partial charge in [0, 0.05) is 5.57 Å². The molecule has 0 aromatic rings.